The highest BCUT2D eigenvalue weighted by molar-refractivity contribution is 9.10. The number of sulfone groups is 1. The van der Waals surface area contributed by atoms with Gasteiger partial charge in [0.15, 0.2) is 9.84 Å². The first kappa shape index (κ1) is 11.1. The van der Waals surface area contributed by atoms with Gasteiger partial charge in [0.1, 0.15) is 0 Å². The highest BCUT2D eigenvalue weighted by Gasteiger charge is 2.26. The Morgan fingerprint density at radius 2 is 2.00 bits per heavy atom. The second-order valence-corrected chi connectivity index (χ2v) is 7.06. The topological polar surface area (TPSA) is 34.1 Å². The van der Waals surface area contributed by atoms with E-state index in [1.807, 2.05) is 24.3 Å². The Morgan fingerprint density at radius 3 is 2.67 bits per heavy atom. The lowest BCUT2D eigenvalue weighted by Crippen LogP contribution is -2.23. The van der Waals surface area contributed by atoms with Gasteiger partial charge in [-0.25, -0.2) is 8.42 Å². The molecule has 0 spiro atoms. The molecule has 1 saturated heterocycles. The third-order valence-corrected chi connectivity index (χ3v) is 5.35. The number of hydrogen-bond donors (Lipinski definition) is 0. The van der Waals surface area contributed by atoms with Gasteiger partial charge in [-0.05, 0) is 30.4 Å². The van der Waals surface area contributed by atoms with Crippen molar-refractivity contribution in [2.24, 2.45) is 0 Å². The molecule has 0 saturated carbocycles. The maximum atomic E-state index is 11.5. The van der Waals surface area contributed by atoms with Crippen LogP contribution in [0.1, 0.15) is 24.3 Å². The van der Waals surface area contributed by atoms with Crippen molar-refractivity contribution in [3.05, 3.63) is 34.3 Å². The van der Waals surface area contributed by atoms with Gasteiger partial charge in [0.2, 0.25) is 0 Å². The fourth-order valence-corrected chi connectivity index (χ4v) is 4.42. The number of hydrogen-bond acceptors (Lipinski definition) is 2. The largest absolute Gasteiger partial charge is 0.229 e. The summed E-state index contributed by atoms with van der Waals surface area (Å²) in [4.78, 5) is 0. The summed E-state index contributed by atoms with van der Waals surface area (Å²) in [6.45, 7) is 0. The number of rotatable bonds is 1. The normalized spacial score (nSPS) is 25.0. The van der Waals surface area contributed by atoms with Crippen LogP contribution >= 0.6 is 15.9 Å². The average molecular weight is 289 g/mol. The van der Waals surface area contributed by atoms with Gasteiger partial charge in [-0.15, -0.1) is 0 Å². The summed E-state index contributed by atoms with van der Waals surface area (Å²) in [6.07, 6.45) is 1.76. The van der Waals surface area contributed by atoms with E-state index in [4.69, 9.17) is 0 Å². The molecular weight excluding hydrogens is 276 g/mol. The van der Waals surface area contributed by atoms with Gasteiger partial charge >= 0.3 is 0 Å². The summed E-state index contributed by atoms with van der Waals surface area (Å²) in [5.41, 5.74) is 1.13. The Labute approximate surface area is 98.7 Å². The minimum atomic E-state index is -2.82. The van der Waals surface area contributed by atoms with Gasteiger partial charge in [0.05, 0.1) is 11.5 Å². The van der Waals surface area contributed by atoms with Crippen molar-refractivity contribution in [2.75, 3.05) is 11.5 Å². The second kappa shape index (κ2) is 4.26. The predicted octanol–water partition coefficient (Wildman–Crippen LogP) is 2.74. The maximum Gasteiger partial charge on any atom is 0.150 e. The second-order valence-electron chi connectivity index (χ2n) is 3.98. The van der Waals surface area contributed by atoms with Gasteiger partial charge in [0, 0.05) is 4.47 Å². The van der Waals surface area contributed by atoms with E-state index in [0.717, 1.165) is 22.9 Å². The summed E-state index contributed by atoms with van der Waals surface area (Å²) in [5.74, 6) is 0.822. The molecule has 1 aromatic carbocycles. The smallest absolute Gasteiger partial charge is 0.150 e. The molecule has 2 nitrogen and oxygen atoms in total. The Balaban J connectivity index is 2.29. The molecule has 1 aliphatic heterocycles. The molecule has 4 heteroatoms. The molecule has 82 valence electrons. The van der Waals surface area contributed by atoms with E-state index in [2.05, 4.69) is 15.9 Å². The molecule has 1 aliphatic rings. The highest BCUT2D eigenvalue weighted by atomic mass is 79.9. The lowest BCUT2D eigenvalue weighted by Gasteiger charge is -2.23. The van der Waals surface area contributed by atoms with Crippen LogP contribution < -0.4 is 0 Å². The molecule has 0 radical (unpaired) electrons. The standard InChI is InChI=1S/C11H13BrO2S/c12-11-6-2-1-5-10(11)9-4-3-7-15(13,14)8-9/h1-2,5-6,9H,3-4,7-8H2. The van der Waals surface area contributed by atoms with Crippen molar-refractivity contribution >= 4 is 25.8 Å². The van der Waals surface area contributed by atoms with Crippen molar-refractivity contribution in [1.29, 1.82) is 0 Å². The van der Waals surface area contributed by atoms with E-state index in [9.17, 15) is 8.42 Å². The maximum absolute atomic E-state index is 11.5. The number of halogens is 1. The summed E-state index contributed by atoms with van der Waals surface area (Å²) in [5, 5.41) is 0. The predicted molar refractivity (Wildman–Crippen MR) is 64.8 cm³/mol. The van der Waals surface area contributed by atoms with Crippen molar-refractivity contribution in [3.8, 4) is 0 Å². The van der Waals surface area contributed by atoms with Crippen LogP contribution in [0.25, 0.3) is 0 Å². The monoisotopic (exact) mass is 288 g/mol. The summed E-state index contributed by atoms with van der Waals surface area (Å²) in [6, 6.07) is 7.89. The quantitative estimate of drug-likeness (QED) is 0.796. The van der Waals surface area contributed by atoms with Crippen molar-refractivity contribution in [3.63, 3.8) is 0 Å². The van der Waals surface area contributed by atoms with Gasteiger partial charge in [-0.2, -0.15) is 0 Å². The van der Waals surface area contributed by atoms with Crippen LogP contribution in [0, 0.1) is 0 Å². The van der Waals surface area contributed by atoms with Crippen molar-refractivity contribution in [2.45, 2.75) is 18.8 Å². The average Bonchev–Trinajstić information content (AvgIpc) is 2.17. The Morgan fingerprint density at radius 1 is 1.27 bits per heavy atom. The zero-order valence-corrected chi connectivity index (χ0v) is 10.7. The fraction of sp³-hybridized carbons (Fsp3) is 0.455. The zero-order chi connectivity index (χ0) is 10.9. The van der Waals surface area contributed by atoms with Gasteiger partial charge in [-0.1, -0.05) is 34.1 Å². The van der Waals surface area contributed by atoms with Gasteiger partial charge < -0.3 is 0 Å². The van der Waals surface area contributed by atoms with E-state index in [0.29, 0.717) is 11.5 Å². The molecular formula is C11H13BrO2S. The summed E-state index contributed by atoms with van der Waals surface area (Å²) >= 11 is 3.47. The van der Waals surface area contributed by atoms with Gasteiger partial charge in [0.25, 0.3) is 0 Å². The minimum absolute atomic E-state index is 0.166. The lowest BCUT2D eigenvalue weighted by atomic mass is 9.96. The summed E-state index contributed by atoms with van der Waals surface area (Å²) in [7, 11) is -2.82. The van der Waals surface area contributed by atoms with Crippen molar-refractivity contribution < 1.29 is 8.42 Å². The first-order valence-corrected chi connectivity index (χ1v) is 7.65. The third kappa shape index (κ3) is 2.61. The van der Waals surface area contributed by atoms with E-state index in [-0.39, 0.29) is 5.92 Å². The zero-order valence-electron chi connectivity index (χ0n) is 8.32. The molecule has 0 aliphatic carbocycles. The van der Waals surface area contributed by atoms with E-state index in [1.54, 1.807) is 0 Å². The Bertz CT molecular complexity index is 453. The molecule has 0 amide bonds. The van der Waals surface area contributed by atoms with Crippen LogP contribution in [0.5, 0.6) is 0 Å². The highest BCUT2D eigenvalue weighted by Crippen LogP contribution is 2.32. The third-order valence-electron chi connectivity index (χ3n) is 2.81. The van der Waals surface area contributed by atoms with Crippen LogP contribution in [0.2, 0.25) is 0 Å². The van der Waals surface area contributed by atoms with Crippen LogP contribution in [-0.2, 0) is 9.84 Å². The van der Waals surface area contributed by atoms with E-state index < -0.39 is 9.84 Å². The lowest BCUT2D eigenvalue weighted by molar-refractivity contribution is 0.553. The van der Waals surface area contributed by atoms with Crippen molar-refractivity contribution in [1.82, 2.24) is 0 Å². The van der Waals surface area contributed by atoms with Crippen LogP contribution in [0.15, 0.2) is 28.7 Å². The first-order valence-electron chi connectivity index (χ1n) is 5.03. The molecule has 15 heavy (non-hydrogen) atoms. The fourth-order valence-electron chi connectivity index (χ4n) is 2.07. The molecule has 1 atom stereocenters. The summed E-state index contributed by atoms with van der Waals surface area (Å²) < 4.78 is 24.1. The molecule has 2 rings (SSSR count). The molecule has 0 N–H and O–H groups in total. The molecule has 1 unspecified atom stereocenters. The molecule has 1 aromatic rings. The van der Waals surface area contributed by atoms with E-state index in [1.165, 1.54) is 0 Å². The van der Waals surface area contributed by atoms with Gasteiger partial charge in [-0.3, -0.25) is 0 Å². The molecule has 0 aromatic heterocycles. The molecule has 1 heterocycles. The molecule has 0 bridgehead atoms. The number of benzene rings is 1. The molecule has 1 fully saturated rings. The minimum Gasteiger partial charge on any atom is -0.229 e. The van der Waals surface area contributed by atoms with Crippen LogP contribution in [0.3, 0.4) is 0 Å². The van der Waals surface area contributed by atoms with E-state index >= 15 is 0 Å². The Kier molecular flexibility index (Phi) is 3.16. The first-order chi connectivity index (χ1) is 7.08. The Hall–Kier alpha value is -0.350. The van der Waals surface area contributed by atoms with Crippen LogP contribution in [0.4, 0.5) is 0 Å². The van der Waals surface area contributed by atoms with Crippen LogP contribution in [-0.4, -0.2) is 19.9 Å². The SMILES string of the molecule is O=S1(=O)CCCC(c2ccccc2Br)C1.